The molecule has 1 heterocycles. The highest BCUT2D eigenvalue weighted by molar-refractivity contribution is 5.67. The van der Waals surface area contributed by atoms with Gasteiger partial charge in [0, 0.05) is 32.2 Å². The number of piperidine rings is 1. The first-order valence-corrected chi connectivity index (χ1v) is 7.92. The minimum atomic E-state index is -0.370. The summed E-state index contributed by atoms with van der Waals surface area (Å²) in [5.41, 5.74) is 3.78. The van der Waals surface area contributed by atoms with Gasteiger partial charge in [-0.15, -0.1) is 0 Å². The van der Waals surface area contributed by atoms with Crippen molar-refractivity contribution in [2.45, 2.75) is 19.1 Å². The van der Waals surface area contributed by atoms with Gasteiger partial charge in [-0.3, -0.25) is 4.90 Å². The van der Waals surface area contributed by atoms with Crippen LogP contribution in [0.5, 0.6) is 0 Å². The molecule has 2 aromatic rings. The van der Waals surface area contributed by atoms with Gasteiger partial charge >= 0.3 is 0 Å². The van der Waals surface area contributed by atoms with Crippen molar-refractivity contribution in [3.05, 3.63) is 60.2 Å². The fraction of sp³-hybridized carbons (Fsp3) is 0.368. The standard InChI is InChI=1S/C19H23NO2/c21-14-17-13-20(11-10-19(17)22)12-16-8-4-5-9-18(16)15-6-2-1-3-7-15/h1-9,17,19,21-22H,10-14H2/t17-,19-/m0/s1. The molecule has 0 unspecified atom stereocenters. The van der Waals surface area contributed by atoms with Gasteiger partial charge in [0.15, 0.2) is 0 Å². The SMILES string of the molecule is OC[C@@H]1CN(Cc2ccccc2-c2ccccc2)CC[C@@H]1O. The van der Waals surface area contributed by atoms with Crippen molar-refractivity contribution in [2.24, 2.45) is 5.92 Å². The lowest BCUT2D eigenvalue weighted by molar-refractivity contribution is -0.00196. The van der Waals surface area contributed by atoms with E-state index in [1.54, 1.807) is 0 Å². The maximum absolute atomic E-state index is 9.90. The summed E-state index contributed by atoms with van der Waals surface area (Å²) in [5.74, 6) is -0.0300. The number of likely N-dealkylation sites (tertiary alicyclic amines) is 1. The first kappa shape index (κ1) is 15.2. The summed E-state index contributed by atoms with van der Waals surface area (Å²) < 4.78 is 0. The fourth-order valence-corrected chi connectivity index (χ4v) is 3.22. The van der Waals surface area contributed by atoms with Crippen molar-refractivity contribution in [3.63, 3.8) is 0 Å². The minimum Gasteiger partial charge on any atom is -0.396 e. The van der Waals surface area contributed by atoms with Crippen LogP contribution in [0.25, 0.3) is 11.1 Å². The van der Waals surface area contributed by atoms with Gasteiger partial charge in [0.2, 0.25) is 0 Å². The molecular formula is C19H23NO2. The third-order valence-corrected chi connectivity index (χ3v) is 4.51. The molecule has 0 aliphatic carbocycles. The van der Waals surface area contributed by atoms with Gasteiger partial charge in [-0.05, 0) is 23.1 Å². The van der Waals surface area contributed by atoms with Gasteiger partial charge in [-0.1, -0.05) is 54.6 Å². The number of hydrogen-bond donors (Lipinski definition) is 2. The number of hydrogen-bond acceptors (Lipinski definition) is 3. The highest BCUT2D eigenvalue weighted by Gasteiger charge is 2.27. The number of rotatable bonds is 4. The molecular weight excluding hydrogens is 274 g/mol. The van der Waals surface area contributed by atoms with Crippen LogP contribution in [0.4, 0.5) is 0 Å². The molecule has 22 heavy (non-hydrogen) atoms. The Hall–Kier alpha value is -1.68. The Labute approximate surface area is 131 Å². The molecule has 0 spiro atoms. The fourth-order valence-electron chi connectivity index (χ4n) is 3.22. The van der Waals surface area contributed by atoms with Crippen molar-refractivity contribution >= 4 is 0 Å². The van der Waals surface area contributed by atoms with E-state index >= 15 is 0 Å². The van der Waals surface area contributed by atoms with Gasteiger partial charge in [-0.25, -0.2) is 0 Å². The van der Waals surface area contributed by atoms with E-state index in [9.17, 15) is 10.2 Å². The van der Waals surface area contributed by atoms with Gasteiger partial charge < -0.3 is 10.2 Å². The van der Waals surface area contributed by atoms with Gasteiger partial charge in [0.1, 0.15) is 0 Å². The molecule has 3 rings (SSSR count). The first-order valence-electron chi connectivity index (χ1n) is 7.92. The number of nitrogens with zero attached hydrogens (tertiary/aromatic N) is 1. The Kier molecular flexibility index (Phi) is 4.88. The normalized spacial score (nSPS) is 22.6. The molecule has 1 aliphatic rings. The molecule has 2 N–H and O–H groups in total. The van der Waals surface area contributed by atoms with Crippen LogP contribution in [0, 0.1) is 5.92 Å². The molecule has 1 saturated heterocycles. The van der Waals surface area contributed by atoms with E-state index in [0.717, 1.165) is 26.1 Å². The van der Waals surface area contributed by atoms with E-state index in [0.29, 0.717) is 0 Å². The lowest BCUT2D eigenvalue weighted by Gasteiger charge is -2.35. The van der Waals surface area contributed by atoms with Crippen molar-refractivity contribution in [1.82, 2.24) is 4.90 Å². The van der Waals surface area contributed by atoms with Crippen LogP contribution in [0.3, 0.4) is 0 Å². The zero-order valence-electron chi connectivity index (χ0n) is 12.7. The largest absolute Gasteiger partial charge is 0.396 e. The highest BCUT2D eigenvalue weighted by atomic mass is 16.3. The van der Waals surface area contributed by atoms with Gasteiger partial charge in [0.05, 0.1) is 6.10 Å². The lowest BCUT2D eigenvalue weighted by Crippen LogP contribution is -2.44. The minimum absolute atomic E-state index is 0.0300. The number of benzene rings is 2. The molecule has 1 fully saturated rings. The monoisotopic (exact) mass is 297 g/mol. The van der Waals surface area contributed by atoms with Crippen LogP contribution in [0.15, 0.2) is 54.6 Å². The third-order valence-electron chi connectivity index (χ3n) is 4.51. The molecule has 2 aromatic carbocycles. The van der Waals surface area contributed by atoms with E-state index in [1.807, 2.05) is 6.07 Å². The van der Waals surface area contributed by atoms with Crippen LogP contribution in [-0.4, -0.2) is 40.9 Å². The predicted octanol–water partition coefficient (Wildman–Crippen LogP) is 2.53. The molecule has 3 heteroatoms. The molecule has 1 aliphatic heterocycles. The highest BCUT2D eigenvalue weighted by Crippen LogP contribution is 2.26. The molecule has 0 bridgehead atoms. The average molecular weight is 297 g/mol. The second-order valence-corrected chi connectivity index (χ2v) is 6.06. The Morgan fingerprint density at radius 1 is 1.00 bits per heavy atom. The molecule has 3 nitrogen and oxygen atoms in total. The zero-order chi connectivity index (χ0) is 15.4. The van der Waals surface area contributed by atoms with E-state index in [-0.39, 0.29) is 18.6 Å². The van der Waals surface area contributed by atoms with Crippen LogP contribution < -0.4 is 0 Å². The number of aliphatic hydroxyl groups excluding tert-OH is 2. The Balaban J connectivity index is 1.79. The maximum Gasteiger partial charge on any atom is 0.0614 e. The van der Waals surface area contributed by atoms with Gasteiger partial charge in [0.25, 0.3) is 0 Å². The van der Waals surface area contributed by atoms with E-state index < -0.39 is 0 Å². The van der Waals surface area contributed by atoms with Gasteiger partial charge in [-0.2, -0.15) is 0 Å². The Morgan fingerprint density at radius 3 is 2.50 bits per heavy atom. The Morgan fingerprint density at radius 2 is 1.73 bits per heavy atom. The van der Waals surface area contributed by atoms with E-state index in [1.165, 1.54) is 16.7 Å². The summed E-state index contributed by atoms with van der Waals surface area (Å²) in [6, 6.07) is 18.9. The van der Waals surface area contributed by atoms with Crippen LogP contribution in [0.2, 0.25) is 0 Å². The quantitative estimate of drug-likeness (QED) is 0.911. The van der Waals surface area contributed by atoms with Crippen molar-refractivity contribution in [1.29, 1.82) is 0 Å². The third kappa shape index (κ3) is 3.38. The average Bonchev–Trinajstić information content (AvgIpc) is 2.58. The molecule has 0 radical (unpaired) electrons. The van der Waals surface area contributed by atoms with E-state index in [2.05, 4.69) is 53.4 Å². The molecule has 0 aromatic heterocycles. The van der Waals surface area contributed by atoms with Crippen molar-refractivity contribution in [2.75, 3.05) is 19.7 Å². The zero-order valence-corrected chi connectivity index (χ0v) is 12.7. The topological polar surface area (TPSA) is 43.7 Å². The van der Waals surface area contributed by atoms with Crippen LogP contribution >= 0.6 is 0 Å². The second-order valence-electron chi connectivity index (χ2n) is 6.06. The lowest BCUT2D eigenvalue weighted by atomic mass is 9.94. The molecule has 116 valence electrons. The smallest absolute Gasteiger partial charge is 0.0614 e. The van der Waals surface area contributed by atoms with Crippen molar-refractivity contribution < 1.29 is 10.2 Å². The number of aliphatic hydroxyl groups is 2. The second kappa shape index (κ2) is 7.05. The molecule has 0 saturated carbocycles. The summed E-state index contributed by atoms with van der Waals surface area (Å²) in [6.07, 6.45) is 0.365. The van der Waals surface area contributed by atoms with E-state index in [4.69, 9.17) is 0 Å². The summed E-state index contributed by atoms with van der Waals surface area (Å²) in [7, 11) is 0. The Bertz CT molecular complexity index is 599. The molecule has 2 atom stereocenters. The predicted molar refractivity (Wildman–Crippen MR) is 88.4 cm³/mol. The summed E-state index contributed by atoms with van der Waals surface area (Å²) in [5, 5.41) is 19.3. The summed E-state index contributed by atoms with van der Waals surface area (Å²) >= 11 is 0. The summed E-state index contributed by atoms with van der Waals surface area (Å²) in [6.45, 7) is 2.54. The maximum atomic E-state index is 9.90. The first-order chi connectivity index (χ1) is 10.8. The van der Waals surface area contributed by atoms with Crippen molar-refractivity contribution in [3.8, 4) is 11.1 Å². The van der Waals surface area contributed by atoms with Crippen LogP contribution in [0.1, 0.15) is 12.0 Å². The summed E-state index contributed by atoms with van der Waals surface area (Å²) in [4.78, 5) is 2.33. The molecule has 0 amide bonds. The van der Waals surface area contributed by atoms with Crippen LogP contribution in [-0.2, 0) is 6.54 Å².